The van der Waals surface area contributed by atoms with Gasteiger partial charge in [0.2, 0.25) is 5.88 Å². The molecule has 1 heterocycles. The molecule has 0 aliphatic heterocycles. The Morgan fingerprint density at radius 3 is 2.70 bits per heavy atom. The first-order valence-electron chi connectivity index (χ1n) is 6.40. The lowest BCUT2D eigenvalue weighted by atomic mass is 10.2. The Labute approximate surface area is 128 Å². The molecule has 0 fully saturated rings. The number of ether oxygens (including phenoxy) is 1. The van der Waals surface area contributed by atoms with Crippen LogP contribution < -0.4 is 10.1 Å². The van der Waals surface area contributed by atoms with E-state index in [-0.39, 0.29) is 0 Å². The standard InChI is InChI=1S/C15H16Cl2N2O/c1-3-18-9-13-12(17)5-7-15(19-13)20-14-6-4-11(16)8-10(14)2/h4-8,18H,3,9H2,1-2H3. The number of hydrogen-bond donors (Lipinski definition) is 1. The molecular weight excluding hydrogens is 295 g/mol. The molecule has 0 aliphatic carbocycles. The Kier molecular flexibility index (Phi) is 5.24. The Hall–Kier alpha value is -1.29. The first kappa shape index (κ1) is 15.1. The van der Waals surface area contributed by atoms with E-state index >= 15 is 0 Å². The first-order valence-corrected chi connectivity index (χ1v) is 7.16. The van der Waals surface area contributed by atoms with E-state index in [9.17, 15) is 0 Å². The SMILES string of the molecule is CCNCc1nc(Oc2ccc(Cl)cc2C)ccc1Cl. The van der Waals surface area contributed by atoms with Gasteiger partial charge in [0.05, 0.1) is 10.7 Å². The van der Waals surface area contributed by atoms with E-state index in [2.05, 4.69) is 10.3 Å². The third kappa shape index (κ3) is 3.85. The van der Waals surface area contributed by atoms with Crippen LogP contribution in [0.2, 0.25) is 10.0 Å². The summed E-state index contributed by atoms with van der Waals surface area (Å²) in [5, 5.41) is 4.51. The van der Waals surface area contributed by atoms with Crippen LogP contribution in [-0.2, 0) is 6.54 Å². The van der Waals surface area contributed by atoms with Crippen molar-refractivity contribution in [2.45, 2.75) is 20.4 Å². The molecule has 0 saturated heterocycles. The van der Waals surface area contributed by atoms with Gasteiger partial charge < -0.3 is 10.1 Å². The molecule has 5 heteroatoms. The quantitative estimate of drug-likeness (QED) is 0.876. The molecule has 0 bridgehead atoms. The summed E-state index contributed by atoms with van der Waals surface area (Å²) in [7, 11) is 0. The van der Waals surface area contributed by atoms with E-state index in [1.54, 1.807) is 18.2 Å². The number of halogens is 2. The van der Waals surface area contributed by atoms with Gasteiger partial charge in [0.15, 0.2) is 0 Å². The van der Waals surface area contributed by atoms with E-state index in [4.69, 9.17) is 27.9 Å². The fourth-order valence-electron chi connectivity index (χ4n) is 1.73. The summed E-state index contributed by atoms with van der Waals surface area (Å²) in [6.07, 6.45) is 0. The van der Waals surface area contributed by atoms with E-state index in [0.29, 0.717) is 22.5 Å². The average Bonchev–Trinajstić information content (AvgIpc) is 2.42. The van der Waals surface area contributed by atoms with Crippen molar-refractivity contribution < 1.29 is 4.74 Å². The van der Waals surface area contributed by atoms with Crippen LogP contribution in [0.3, 0.4) is 0 Å². The molecule has 0 radical (unpaired) electrons. The number of aryl methyl sites for hydroxylation is 1. The lowest BCUT2D eigenvalue weighted by molar-refractivity contribution is 0.456. The normalized spacial score (nSPS) is 10.6. The van der Waals surface area contributed by atoms with Crippen LogP contribution in [0.1, 0.15) is 18.2 Å². The van der Waals surface area contributed by atoms with Gasteiger partial charge in [-0.05, 0) is 43.3 Å². The van der Waals surface area contributed by atoms with Gasteiger partial charge >= 0.3 is 0 Å². The second-order valence-electron chi connectivity index (χ2n) is 4.37. The molecular formula is C15H16Cl2N2O. The largest absolute Gasteiger partial charge is 0.439 e. The molecule has 0 amide bonds. The van der Waals surface area contributed by atoms with Crippen LogP contribution in [0.15, 0.2) is 30.3 Å². The minimum atomic E-state index is 0.521. The van der Waals surface area contributed by atoms with Gasteiger partial charge in [-0.25, -0.2) is 4.98 Å². The summed E-state index contributed by atoms with van der Waals surface area (Å²) in [5.74, 6) is 1.26. The van der Waals surface area contributed by atoms with Crippen LogP contribution in [0.5, 0.6) is 11.6 Å². The molecule has 2 aromatic rings. The van der Waals surface area contributed by atoms with Crippen molar-refractivity contribution in [2.24, 2.45) is 0 Å². The minimum Gasteiger partial charge on any atom is -0.439 e. The topological polar surface area (TPSA) is 34.2 Å². The Morgan fingerprint density at radius 2 is 2.00 bits per heavy atom. The summed E-state index contributed by atoms with van der Waals surface area (Å²) < 4.78 is 5.78. The zero-order valence-electron chi connectivity index (χ0n) is 11.4. The number of aromatic nitrogens is 1. The summed E-state index contributed by atoms with van der Waals surface area (Å²) in [6.45, 7) is 5.45. The van der Waals surface area contributed by atoms with Crippen LogP contribution in [0, 0.1) is 6.92 Å². The van der Waals surface area contributed by atoms with Crippen molar-refractivity contribution in [2.75, 3.05) is 6.54 Å². The van der Waals surface area contributed by atoms with Gasteiger partial charge in [0.1, 0.15) is 5.75 Å². The second-order valence-corrected chi connectivity index (χ2v) is 5.21. The van der Waals surface area contributed by atoms with Gasteiger partial charge in [0.25, 0.3) is 0 Å². The Bertz CT molecular complexity index is 602. The zero-order chi connectivity index (χ0) is 14.5. The summed E-state index contributed by atoms with van der Waals surface area (Å²) >= 11 is 12.0. The second kappa shape index (κ2) is 6.93. The summed E-state index contributed by atoms with van der Waals surface area (Å²) in [5.41, 5.74) is 1.74. The molecule has 0 unspecified atom stereocenters. The fourth-order valence-corrected chi connectivity index (χ4v) is 2.13. The molecule has 20 heavy (non-hydrogen) atoms. The van der Waals surface area contributed by atoms with Gasteiger partial charge in [-0.1, -0.05) is 30.1 Å². The van der Waals surface area contributed by atoms with Crippen molar-refractivity contribution in [1.82, 2.24) is 10.3 Å². The molecule has 1 N–H and O–H groups in total. The van der Waals surface area contributed by atoms with Gasteiger partial charge in [-0.3, -0.25) is 0 Å². The summed E-state index contributed by atoms with van der Waals surface area (Å²) in [4.78, 5) is 4.42. The number of pyridine rings is 1. The highest BCUT2D eigenvalue weighted by Crippen LogP contribution is 2.27. The third-order valence-corrected chi connectivity index (χ3v) is 3.37. The molecule has 0 saturated carbocycles. The van der Waals surface area contributed by atoms with E-state index < -0.39 is 0 Å². The number of hydrogen-bond acceptors (Lipinski definition) is 3. The highest BCUT2D eigenvalue weighted by atomic mass is 35.5. The number of nitrogens with one attached hydrogen (secondary N) is 1. The van der Waals surface area contributed by atoms with Crippen LogP contribution in [-0.4, -0.2) is 11.5 Å². The molecule has 1 aromatic heterocycles. The highest BCUT2D eigenvalue weighted by molar-refractivity contribution is 6.31. The van der Waals surface area contributed by atoms with Gasteiger partial charge in [-0.2, -0.15) is 0 Å². The highest BCUT2D eigenvalue weighted by Gasteiger charge is 2.07. The average molecular weight is 311 g/mol. The maximum Gasteiger partial charge on any atom is 0.219 e. The number of benzene rings is 1. The van der Waals surface area contributed by atoms with Crippen molar-refractivity contribution in [3.05, 3.63) is 51.6 Å². The smallest absolute Gasteiger partial charge is 0.219 e. The molecule has 3 nitrogen and oxygen atoms in total. The fraction of sp³-hybridized carbons (Fsp3) is 0.267. The van der Waals surface area contributed by atoms with E-state index in [1.807, 2.05) is 26.0 Å². The Balaban J connectivity index is 2.20. The molecule has 0 spiro atoms. The van der Waals surface area contributed by atoms with Crippen molar-refractivity contribution in [1.29, 1.82) is 0 Å². The van der Waals surface area contributed by atoms with E-state index in [1.165, 1.54) is 0 Å². The van der Waals surface area contributed by atoms with E-state index in [0.717, 1.165) is 23.6 Å². The summed E-state index contributed by atoms with van der Waals surface area (Å²) in [6, 6.07) is 9.03. The van der Waals surface area contributed by atoms with Gasteiger partial charge in [-0.15, -0.1) is 0 Å². The molecule has 2 rings (SSSR count). The lowest BCUT2D eigenvalue weighted by Crippen LogP contribution is -2.13. The predicted octanol–water partition coefficient (Wildman–Crippen LogP) is 4.60. The number of rotatable bonds is 5. The molecule has 106 valence electrons. The first-order chi connectivity index (χ1) is 9.60. The molecule has 0 aliphatic rings. The van der Waals surface area contributed by atoms with Crippen LogP contribution in [0.4, 0.5) is 0 Å². The van der Waals surface area contributed by atoms with Gasteiger partial charge in [0, 0.05) is 17.6 Å². The Morgan fingerprint density at radius 1 is 1.20 bits per heavy atom. The van der Waals surface area contributed by atoms with Crippen molar-refractivity contribution >= 4 is 23.2 Å². The molecule has 1 aromatic carbocycles. The predicted molar refractivity (Wildman–Crippen MR) is 82.9 cm³/mol. The minimum absolute atomic E-state index is 0.521. The monoisotopic (exact) mass is 310 g/mol. The van der Waals surface area contributed by atoms with Crippen LogP contribution in [0.25, 0.3) is 0 Å². The third-order valence-electron chi connectivity index (χ3n) is 2.79. The van der Waals surface area contributed by atoms with Crippen molar-refractivity contribution in [3.63, 3.8) is 0 Å². The number of nitrogens with zero attached hydrogens (tertiary/aromatic N) is 1. The maximum absolute atomic E-state index is 6.11. The van der Waals surface area contributed by atoms with Crippen LogP contribution >= 0.6 is 23.2 Å². The zero-order valence-corrected chi connectivity index (χ0v) is 12.9. The molecule has 0 atom stereocenters. The lowest BCUT2D eigenvalue weighted by Gasteiger charge is -2.10. The van der Waals surface area contributed by atoms with Crippen molar-refractivity contribution in [3.8, 4) is 11.6 Å². The maximum atomic E-state index is 6.11.